The van der Waals surface area contributed by atoms with Crippen LogP contribution in [0.4, 0.5) is 0 Å². The number of halogens is 2. The van der Waals surface area contributed by atoms with Crippen LogP contribution in [-0.4, -0.2) is 43.2 Å². The summed E-state index contributed by atoms with van der Waals surface area (Å²) in [6.45, 7) is 5.75. The van der Waals surface area contributed by atoms with Gasteiger partial charge in [0.25, 0.3) is 0 Å². The lowest BCUT2D eigenvalue weighted by atomic mass is 10.1. The van der Waals surface area contributed by atoms with Gasteiger partial charge in [-0.15, -0.1) is 12.6 Å². The molecule has 158 valence electrons. The number of benzene rings is 1. The Hall–Kier alpha value is -1.15. The highest BCUT2D eigenvalue weighted by molar-refractivity contribution is 7.80. The molecule has 0 aromatic heterocycles. The van der Waals surface area contributed by atoms with Crippen molar-refractivity contribution in [3.8, 4) is 5.75 Å². The summed E-state index contributed by atoms with van der Waals surface area (Å²) in [6.07, 6.45) is 0.547. The molecule has 0 saturated heterocycles. The molecule has 1 aromatic carbocycles. The van der Waals surface area contributed by atoms with Crippen LogP contribution in [-0.2, 0) is 19.1 Å². The van der Waals surface area contributed by atoms with Crippen LogP contribution in [0, 0.1) is 5.92 Å². The van der Waals surface area contributed by atoms with Gasteiger partial charge in [-0.05, 0) is 37.5 Å². The van der Waals surface area contributed by atoms with Gasteiger partial charge in [0.15, 0.2) is 6.61 Å². The minimum Gasteiger partial charge on any atom is -0.480 e. The van der Waals surface area contributed by atoms with E-state index in [4.69, 9.17) is 37.4 Å². The van der Waals surface area contributed by atoms with E-state index in [1.54, 1.807) is 19.1 Å². The minimum absolute atomic E-state index is 0.0992. The van der Waals surface area contributed by atoms with Gasteiger partial charge in [-0.1, -0.05) is 37.0 Å². The van der Waals surface area contributed by atoms with Crippen LogP contribution < -0.4 is 10.1 Å². The summed E-state index contributed by atoms with van der Waals surface area (Å²) in [5.41, 5.74) is -0.332. The molecule has 6 nitrogen and oxygen atoms in total. The second-order valence-corrected chi connectivity index (χ2v) is 8.22. The van der Waals surface area contributed by atoms with E-state index in [9.17, 15) is 9.59 Å². The molecule has 0 aliphatic heterocycles. The number of hydrogen-bond acceptors (Lipinski definition) is 6. The smallest absolute Gasteiger partial charge is 0.344 e. The Morgan fingerprint density at radius 1 is 1.21 bits per heavy atom. The van der Waals surface area contributed by atoms with Crippen molar-refractivity contribution in [2.24, 2.45) is 5.92 Å². The minimum atomic E-state index is -0.658. The third-order valence-corrected chi connectivity index (χ3v) is 4.22. The second kappa shape index (κ2) is 13.1. The van der Waals surface area contributed by atoms with Gasteiger partial charge in [0.2, 0.25) is 5.91 Å². The van der Waals surface area contributed by atoms with E-state index in [0.29, 0.717) is 28.1 Å². The van der Waals surface area contributed by atoms with Gasteiger partial charge in [0.1, 0.15) is 11.9 Å². The fourth-order valence-corrected chi connectivity index (χ4v) is 2.61. The normalized spacial score (nSPS) is 13.1. The number of esters is 1. The zero-order chi connectivity index (χ0) is 21.1. The third-order valence-electron chi connectivity index (χ3n) is 3.54. The van der Waals surface area contributed by atoms with Crippen molar-refractivity contribution in [3.63, 3.8) is 0 Å². The monoisotopic (exact) mass is 451 g/mol. The SMILES string of the molecule is CC(C)CCC(=O)NC[C@H](COC(C)S)OC(=O)COc1ccc(Cl)cc1Cl. The highest BCUT2D eigenvalue weighted by atomic mass is 35.5. The second-order valence-electron chi connectivity index (χ2n) is 6.64. The molecule has 0 aliphatic rings. The zero-order valence-corrected chi connectivity index (χ0v) is 18.7. The number of carbonyl (C=O) groups is 2. The number of thiol groups is 1. The zero-order valence-electron chi connectivity index (χ0n) is 16.2. The maximum Gasteiger partial charge on any atom is 0.344 e. The Morgan fingerprint density at radius 3 is 2.54 bits per heavy atom. The summed E-state index contributed by atoms with van der Waals surface area (Å²) in [4.78, 5) is 24.0. The predicted molar refractivity (Wildman–Crippen MR) is 113 cm³/mol. The molecular formula is C19H27Cl2NO5S. The fraction of sp³-hybridized carbons (Fsp3) is 0.579. The lowest BCUT2D eigenvalue weighted by Crippen LogP contribution is -2.39. The number of hydrogen-bond donors (Lipinski definition) is 2. The Labute approximate surface area is 181 Å². The average Bonchev–Trinajstić information content (AvgIpc) is 2.61. The van der Waals surface area contributed by atoms with Crippen LogP contribution in [0.2, 0.25) is 10.0 Å². The van der Waals surface area contributed by atoms with Crippen molar-refractivity contribution in [2.75, 3.05) is 19.8 Å². The lowest BCUT2D eigenvalue weighted by Gasteiger charge is -2.20. The first-order valence-corrected chi connectivity index (χ1v) is 10.3. The van der Waals surface area contributed by atoms with E-state index < -0.39 is 12.1 Å². The molecule has 0 bridgehead atoms. The van der Waals surface area contributed by atoms with E-state index in [1.165, 1.54) is 6.07 Å². The highest BCUT2D eigenvalue weighted by Gasteiger charge is 2.18. The first-order valence-electron chi connectivity index (χ1n) is 9.01. The molecule has 0 aliphatic carbocycles. The molecule has 1 N–H and O–H groups in total. The van der Waals surface area contributed by atoms with Gasteiger partial charge < -0.3 is 19.5 Å². The quantitative estimate of drug-likeness (QED) is 0.284. The summed E-state index contributed by atoms with van der Waals surface area (Å²) >= 11 is 16.0. The first-order chi connectivity index (χ1) is 13.2. The third kappa shape index (κ3) is 11.0. The number of amides is 1. The molecule has 1 unspecified atom stereocenters. The molecule has 2 atom stereocenters. The molecule has 0 spiro atoms. The van der Waals surface area contributed by atoms with Gasteiger partial charge in [0, 0.05) is 11.4 Å². The summed E-state index contributed by atoms with van der Waals surface area (Å²) in [5, 5.41) is 3.52. The van der Waals surface area contributed by atoms with Gasteiger partial charge in [-0.3, -0.25) is 4.79 Å². The summed E-state index contributed by atoms with van der Waals surface area (Å²) in [5.74, 6) is 0.0482. The molecule has 1 aromatic rings. The highest BCUT2D eigenvalue weighted by Crippen LogP contribution is 2.27. The van der Waals surface area contributed by atoms with E-state index in [1.807, 2.05) is 13.8 Å². The molecule has 0 radical (unpaired) electrons. The number of ether oxygens (including phenoxy) is 3. The maximum atomic E-state index is 12.1. The van der Waals surface area contributed by atoms with Crippen molar-refractivity contribution >= 4 is 47.7 Å². The maximum absolute atomic E-state index is 12.1. The van der Waals surface area contributed by atoms with Crippen molar-refractivity contribution in [1.29, 1.82) is 0 Å². The number of carbonyl (C=O) groups excluding carboxylic acids is 2. The standard InChI is InChI=1S/C19H27Cl2NO5S/c1-12(2)4-7-18(23)22-9-15(10-25-13(3)28)27-19(24)11-26-17-6-5-14(20)8-16(17)21/h5-6,8,12-13,15,28H,4,7,9-11H2,1-3H3,(H,22,23)/t13?,15-/m1/s1. The van der Waals surface area contributed by atoms with E-state index in [2.05, 4.69) is 17.9 Å². The van der Waals surface area contributed by atoms with Crippen LogP contribution in [0.5, 0.6) is 5.75 Å². The molecule has 1 amide bonds. The fourth-order valence-electron chi connectivity index (χ4n) is 2.07. The van der Waals surface area contributed by atoms with E-state index >= 15 is 0 Å². The van der Waals surface area contributed by atoms with Crippen LogP contribution in [0.1, 0.15) is 33.6 Å². The molecule has 0 fully saturated rings. The largest absolute Gasteiger partial charge is 0.480 e. The predicted octanol–water partition coefficient (Wildman–Crippen LogP) is 4.13. The molecule has 0 saturated carbocycles. The van der Waals surface area contributed by atoms with Crippen LogP contribution >= 0.6 is 35.8 Å². The Kier molecular flexibility index (Phi) is 11.7. The summed E-state index contributed by atoms with van der Waals surface area (Å²) in [6, 6.07) is 4.68. The Bertz CT molecular complexity index is 643. The molecule has 0 heterocycles. The Morgan fingerprint density at radius 2 is 1.93 bits per heavy atom. The topological polar surface area (TPSA) is 73.9 Å². The number of nitrogens with one attached hydrogen (secondary N) is 1. The molecule has 28 heavy (non-hydrogen) atoms. The van der Waals surface area contributed by atoms with Crippen molar-refractivity contribution in [1.82, 2.24) is 5.32 Å². The van der Waals surface area contributed by atoms with Gasteiger partial charge in [-0.2, -0.15) is 0 Å². The van der Waals surface area contributed by atoms with Gasteiger partial charge in [-0.25, -0.2) is 4.79 Å². The summed E-state index contributed by atoms with van der Waals surface area (Å²) < 4.78 is 16.1. The number of rotatable bonds is 12. The van der Waals surface area contributed by atoms with E-state index in [0.717, 1.165) is 6.42 Å². The van der Waals surface area contributed by atoms with Crippen molar-refractivity contribution in [3.05, 3.63) is 28.2 Å². The van der Waals surface area contributed by atoms with Crippen LogP contribution in [0.25, 0.3) is 0 Å². The molecule has 9 heteroatoms. The van der Waals surface area contributed by atoms with Crippen molar-refractivity contribution in [2.45, 2.75) is 45.2 Å². The molecular weight excluding hydrogens is 425 g/mol. The summed E-state index contributed by atoms with van der Waals surface area (Å²) in [7, 11) is 0. The molecule has 1 rings (SSSR count). The average molecular weight is 452 g/mol. The van der Waals surface area contributed by atoms with Crippen molar-refractivity contribution < 1.29 is 23.8 Å². The Balaban J connectivity index is 2.51. The van der Waals surface area contributed by atoms with Crippen LogP contribution in [0.3, 0.4) is 0 Å². The van der Waals surface area contributed by atoms with Crippen LogP contribution in [0.15, 0.2) is 18.2 Å². The lowest BCUT2D eigenvalue weighted by molar-refractivity contribution is -0.155. The first kappa shape index (κ1) is 24.9. The van der Waals surface area contributed by atoms with Gasteiger partial charge in [0.05, 0.1) is 23.6 Å². The van der Waals surface area contributed by atoms with Gasteiger partial charge >= 0.3 is 5.97 Å². The van der Waals surface area contributed by atoms with E-state index in [-0.39, 0.29) is 31.1 Å².